The van der Waals surface area contributed by atoms with Crippen molar-refractivity contribution in [2.45, 2.75) is 0 Å². The van der Waals surface area contributed by atoms with Gasteiger partial charge in [-0.2, -0.15) is 4.99 Å². The average molecular weight is 330 g/mol. The number of thioether (sulfide) groups is 1. The van der Waals surface area contributed by atoms with Crippen molar-refractivity contribution in [2.24, 2.45) is 4.99 Å². The number of morpholine rings is 1. The lowest BCUT2D eigenvalue weighted by molar-refractivity contribution is -0.113. The highest BCUT2D eigenvalue weighted by atomic mass is 32.2. The summed E-state index contributed by atoms with van der Waals surface area (Å²) in [6.07, 6.45) is 3.53. The first-order valence-corrected chi connectivity index (χ1v) is 8.27. The molecule has 0 aromatic heterocycles. The molecule has 23 heavy (non-hydrogen) atoms. The maximum absolute atomic E-state index is 12.2. The van der Waals surface area contributed by atoms with Crippen molar-refractivity contribution in [2.75, 3.05) is 32.9 Å². The number of ether oxygens (including phenoxy) is 2. The molecule has 3 rings (SSSR count). The van der Waals surface area contributed by atoms with Gasteiger partial charge in [-0.3, -0.25) is 4.79 Å². The van der Waals surface area contributed by atoms with Gasteiger partial charge in [0.05, 0.1) is 18.1 Å². The second kappa shape index (κ2) is 7.48. The Bertz CT molecular complexity index is 664. The van der Waals surface area contributed by atoms with Crippen molar-refractivity contribution < 1.29 is 14.3 Å². The summed E-state index contributed by atoms with van der Waals surface area (Å²) in [6.45, 7) is 6.96. The van der Waals surface area contributed by atoms with E-state index in [1.54, 1.807) is 6.08 Å². The Kier molecular flexibility index (Phi) is 5.15. The topological polar surface area (TPSA) is 51.1 Å². The molecule has 2 heterocycles. The molecule has 1 amide bonds. The Balaban J connectivity index is 1.76. The number of amides is 1. The van der Waals surface area contributed by atoms with Crippen molar-refractivity contribution in [3.63, 3.8) is 0 Å². The van der Waals surface area contributed by atoms with E-state index in [0.717, 1.165) is 29.6 Å². The van der Waals surface area contributed by atoms with Crippen LogP contribution in [0.4, 0.5) is 0 Å². The standard InChI is InChI=1S/C17H18N2O3S/c1-2-9-22-14-6-4-3-5-13(14)12-15-16(20)18-17(23-15)19-7-10-21-11-8-19/h2-6,12H,1,7-11H2/b15-12-. The van der Waals surface area contributed by atoms with Crippen LogP contribution >= 0.6 is 11.8 Å². The van der Waals surface area contributed by atoms with E-state index in [4.69, 9.17) is 9.47 Å². The van der Waals surface area contributed by atoms with Crippen LogP contribution in [-0.2, 0) is 9.53 Å². The van der Waals surface area contributed by atoms with E-state index in [9.17, 15) is 4.79 Å². The number of carbonyl (C=O) groups is 1. The third kappa shape index (κ3) is 3.83. The molecular formula is C17H18N2O3S. The summed E-state index contributed by atoms with van der Waals surface area (Å²) in [6, 6.07) is 7.62. The molecule has 0 N–H and O–H groups in total. The Morgan fingerprint density at radius 1 is 1.35 bits per heavy atom. The lowest BCUT2D eigenvalue weighted by Gasteiger charge is -2.27. The molecule has 6 heteroatoms. The Hall–Kier alpha value is -2.05. The van der Waals surface area contributed by atoms with Crippen molar-refractivity contribution in [1.82, 2.24) is 4.90 Å². The zero-order valence-electron chi connectivity index (χ0n) is 12.7. The molecule has 2 aliphatic rings. The van der Waals surface area contributed by atoms with E-state index in [1.807, 2.05) is 30.3 Å². The molecule has 1 fully saturated rings. The monoisotopic (exact) mass is 330 g/mol. The fourth-order valence-corrected chi connectivity index (χ4v) is 3.26. The molecule has 1 aromatic rings. The van der Waals surface area contributed by atoms with Crippen LogP contribution in [0.25, 0.3) is 6.08 Å². The molecule has 1 aromatic carbocycles. The van der Waals surface area contributed by atoms with Gasteiger partial charge >= 0.3 is 0 Å². The molecule has 0 atom stereocenters. The second-order valence-electron chi connectivity index (χ2n) is 5.05. The fraction of sp³-hybridized carbons (Fsp3) is 0.294. The quantitative estimate of drug-likeness (QED) is 0.627. The number of hydrogen-bond donors (Lipinski definition) is 0. The predicted molar refractivity (Wildman–Crippen MR) is 92.5 cm³/mol. The number of para-hydroxylation sites is 1. The minimum absolute atomic E-state index is 0.199. The van der Waals surface area contributed by atoms with Crippen LogP contribution in [0.15, 0.2) is 46.8 Å². The van der Waals surface area contributed by atoms with Gasteiger partial charge in [0.15, 0.2) is 5.17 Å². The van der Waals surface area contributed by atoms with Crippen LogP contribution < -0.4 is 4.74 Å². The first kappa shape index (κ1) is 15.8. The van der Waals surface area contributed by atoms with E-state index in [0.29, 0.717) is 24.7 Å². The number of nitrogens with zero attached hydrogens (tertiary/aromatic N) is 2. The van der Waals surface area contributed by atoms with E-state index >= 15 is 0 Å². The average Bonchev–Trinajstić information content (AvgIpc) is 2.96. The first-order chi connectivity index (χ1) is 11.3. The molecule has 120 valence electrons. The molecule has 0 bridgehead atoms. The lowest BCUT2D eigenvalue weighted by Crippen LogP contribution is -2.38. The van der Waals surface area contributed by atoms with E-state index in [2.05, 4.69) is 16.5 Å². The van der Waals surface area contributed by atoms with Crippen LogP contribution in [0, 0.1) is 0 Å². The predicted octanol–water partition coefficient (Wildman–Crippen LogP) is 2.55. The highest BCUT2D eigenvalue weighted by molar-refractivity contribution is 8.18. The van der Waals surface area contributed by atoms with Gasteiger partial charge in [-0.25, -0.2) is 0 Å². The minimum Gasteiger partial charge on any atom is -0.489 e. The van der Waals surface area contributed by atoms with Gasteiger partial charge in [0.2, 0.25) is 0 Å². The zero-order chi connectivity index (χ0) is 16.1. The molecule has 0 saturated carbocycles. The van der Waals surface area contributed by atoms with Gasteiger partial charge in [-0.1, -0.05) is 30.9 Å². The van der Waals surface area contributed by atoms with Gasteiger partial charge in [-0.05, 0) is 23.9 Å². The smallest absolute Gasteiger partial charge is 0.286 e. The zero-order valence-corrected chi connectivity index (χ0v) is 13.6. The van der Waals surface area contributed by atoms with E-state index in [1.165, 1.54) is 11.8 Å². The van der Waals surface area contributed by atoms with E-state index < -0.39 is 0 Å². The highest BCUT2D eigenvalue weighted by Crippen LogP contribution is 2.32. The number of carbonyl (C=O) groups excluding carboxylic acids is 1. The molecule has 0 aliphatic carbocycles. The Morgan fingerprint density at radius 3 is 2.91 bits per heavy atom. The van der Waals surface area contributed by atoms with Gasteiger partial charge in [0.25, 0.3) is 5.91 Å². The van der Waals surface area contributed by atoms with Crippen LogP contribution in [0.2, 0.25) is 0 Å². The summed E-state index contributed by atoms with van der Waals surface area (Å²) in [7, 11) is 0. The Morgan fingerprint density at radius 2 is 2.13 bits per heavy atom. The van der Waals surface area contributed by atoms with Gasteiger partial charge in [0, 0.05) is 18.7 Å². The first-order valence-electron chi connectivity index (χ1n) is 7.46. The molecular weight excluding hydrogens is 312 g/mol. The summed E-state index contributed by atoms with van der Waals surface area (Å²) in [4.78, 5) is 19.0. The SMILES string of the molecule is C=CCOc1ccccc1/C=C1\SC(N2CCOCC2)=NC1=O. The molecule has 2 aliphatic heterocycles. The van der Waals surface area contributed by atoms with Gasteiger partial charge in [0.1, 0.15) is 12.4 Å². The van der Waals surface area contributed by atoms with Crippen molar-refractivity contribution in [3.8, 4) is 5.75 Å². The number of benzene rings is 1. The van der Waals surface area contributed by atoms with Crippen molar-refractivity contribution >= 4 is 28.9 Å². The number of rotatable bonds is 4. The maximum atomic E-state index is 12.2. The third-order valence-electron chi connectivity index (χ3n) is 3.45. The van der Waals surface area contributed by atoms with Gasteiger partial charge < -0.3 is 14.4 Å². The largest absolute Gasteiger partial charge is 0.489 e. The Labute approximate surface area is 139 Å². The molecule has 0 radical (unpaired) electrons. The summed E-state index contributed by atoms with van der Waals surface area (Å²) in [5.41, 5.74) is 0.864. The summed E-state index contributed by atoms with van der Waals surface area (Å²) in [5.74, 6) is 0.531. The number of aliphatic imine (C=N–C) groups is 1. The lowest BCUT2D eigenvalue weighted by atomic mass is 10.2. The molecule has 0 spiro atoms. The summed E-state index contributed by atoms with van der Waals surface area (Å²) >= 11 is 1.41. The maximum Gasteiger partial charge on any atom is 0.286 e. The number of amidine groups is 1. The third-order valence-corrected chi connectivity index (χ3v) is 4.50. The number of hydrogen-bond acceptors (Lipinski definition) is 5. The second-order valence-corrected chi connectivity index (χ2v) is 6.06. The summed E-state index contributed by atoms with van der Waals surface area (Å²) in [5, 5.41) is 0.758. The molecule has 5 nitrogen and oxygen atoms in total. The summed E-state index contributed by atoms with van der Waals surface area (Å²) < 4.78 is 11.0. The normalized spacial score (nSPS) is 19.8. The highest BCUT2D eigenvalue weighted by Gasteiger charge is 2.27. The van der Waals surface area contributed by atoms with Gasteiger partial charge in [-0.15, -0.1) is 0 Å². The molecule has 0 unspecified atom stereocenters. The fourth-order valence-electron chi connectivity index (χ4n) is 2.31. The van der Waals surface area contributed by atoms with Crippen LogP contribution in [0.1, 0.15) is 5.56 Å². The van der Waals surface area contributed by atoms with Crippen molar-refractivity contribution in [1.29, 1.82) is 0 Å². The molecule has 1 saturated heterocycles. The van der Waals surface area contributed by atoms with Crippen LogP contribution in [-0.4, -0.2) is 48.9 Å². The van der Waals surface area contributed by atoms with Crippen LogP contribution in [0.3, 0.4) is 0 Å². The van der Waals surface area contributed by atoms with Crippen molar-refractivity contribution in [3.05, 3.63) is 47.4 Å². The van der Waals surface area contributed by atoms with E-state index in [-0.39, 0.29) is 5.91 Å². The minimum atomic E-state index is -0.199. The van der Waals surface area contributed by atoms with Crippen LogP contribution in [0.5, 0.6) is 5.75 Å².